The van der Waals surface area contributed by atoms with Crippen molar-refractivity contribution >= 4 is 6.08 Å². The summed E-state index contributed by atoms with van der Waals surface area (Å²) >= 11 is 0. The lowest BCUT2D eigenvalue weighted by atomic mass is 9.88. The normalized spacial score (nSPS) is 11.9. The quantitative estimate of drug-likeness (QED) is 0.556. The van der Waals surface area contributed by atoms with Gasteiger partial charge >= 0.3 is 0 Å². The fraction of sp³-hybridized carbons (Fsp3) is 0.636. The van der Waals surface area contributed by atoms with E-state index >= 15 is 0 Å². The third-order valence-corrected chi connectivity index (χ3v) is 3.54. The third kappa shape index (κ3) is 12.1. The van der Waals surface area contributed by atoms with Gasteiger partial charge < -0.3 is 5.11 Å². The van der Waals surface area contributed by atoms with Gasteiger partial charge in [-0.15, -0.1) is 0 Å². The van der Waals surface area contributed by atoms with Crippen molar-refractivity contribution < 1.29 is 5.11 Å². The summed E-state index contributed by atoms with van der Waals surface area (Å²) < 4.78 is 0. The van der Waals surface area contributed by atoms with Crippen LogP contribution >= 0.6 is 0 Å². The molecule has 0 saturated carbocycles. The molecule has 23 heavy (non-hydrogen) atoms. The second-order valence-electron chi connectivity index (χ2n) is 8.17. The minimum atomic E-state index is 0.0609. The maximum absolute atomic E-state index is 9.19. The molecule has 0 amide bonds. The molecule has 1 rings (SSSR count). The summed E-state index contributed by atoms with van der Waals surface area (Å²) in [6, 6.07) is 8.73. The minimum Gasteiger partial charge on any atom is -0.396 e. The lowest BCUT2D eigenvalue weighted by molar-refractivity contribution is 0.148. The molecule has 0 saturated heterocycles. The summed E-state index contributed by atoms with van der Waals surface area (Å²) in [6.07, 6.45) is 7.73. The lowest BCUT2D eigenvalue weighted by Gasteiger charge is -2.20. The monoisotopic (exact) mass is 318 g/mol. The molecule has 1 N–H and O–H groups in total. The van der Waals surface area contributed by atoms with E-state index in [4.69, 9.17) is 0 Å². The molecule has 0 unspecified atom stereocenters. The van der Waals surface area contributed by atoms with Gasteiger partial charge in [0.2, 0.25) is 0 Å². The summed E-state index contributed by atoms with van der Waals surface area (Å²) in [6.45, 7) is 15.4. The second kappa shape index (κ2) is 11.5. The Bertz CT molecular complexity index is 438. The average Bonchev–Trinajstić information content (AvgIpc) is 2.46. The molecule has 0 heterocycles. The zero-order valence-electron chi connectivity index (χ0n) is 16.4. The van der Waals surface area contributed by atoms with Crippen LogP contribution in [0, 0.1) is 11.3 Å². The highest BCUT2D eigenvalue weighted by Crippen LogP contribution is 2.22. The van der Waals surface area contributed by atoms with Crippen molar-refractivity contribution in [3.8, 4) is 0 Å². The van der Waals surface area contributed by atoms with E-state index in [2.05, 4.69) is 84.9 Å². The van der Waals surface area contributed by atoms with Crippen LogP contribution in [-0.2, 0) is 0 Å². The third-order valence-electron chi connectivity index (χ3n) is 3.54. The predicted octanol–water partition coefficient (Wildman–Crippen LogP) is 6.67. The van der Waals surface area contributed by atoms with E-state index in [0.717, 1.165) is 25.2 Å². The topological polar surface area (TPSA) is 20.2 Å². The first-order valence-corrected chi connectivity index (χ1v) is 9.05. The van der Waals surface area contributed by atoms with Gasteiger partial charge in [-0.3, -0.25) is 0 Å². The van der Waals surface area contributed by atoms with Crippen LogP contribution in [0.1, 0.15) is 84.8 Å². The van der Waals surface area contributed by atoms with Crippen LogP contribution in [0.2, 0.25) is 0 Å². The first-order valence-electron chi connectivity index (χ1n) is 9.05. The van der Waals surface area contributed by atoms with Gasteiger partial charge in [0.25, 0.3) is 0 Å². The maximum Gasteiger partial charge on any atom is 0.0482 e. The summed E-state index contributed by atoms with van der Waals surface area (Å²) in [5, 5.41) is 9.19. The molecule has 0 aromatic heterocycles. The van der Waals surface area contributed by atoms with Gasteiger partial charge in [0.15, 0.2) is 0 Å². The lowest BCUT2D eigenvalue weighted by Crippen LogP contribution is -2.15. The van der Waals surface area contributed by atoms with Gasteiger partial charge in [0, 0.05) is 6.61 Å². The van der Waals surface area contributed by atoms with Crippen LogP contribution in [0.4, 0.5) is 0 Å². The van der Waals surface area contributed by atoms with E-state index in [0.29, 0.717) is 5.92 Å². The Hall–Kier alpha value is -1.08. The molecule has 1 aromatic rings. The molecule has 132 valence electrons. The van der Waals surface area contributed by atoms with Crippen molar-refractivity contribution in [3.63, 3.8) is 0 Å². The number of hydrogen-bond acceptors (Lipinski definition) is 1. The zero-order valence-corrected chi connectivity index (χ0v) is 16.4. The standard InChI is InChI=1S/C18H28O.C4H10/c1-15(2)17-11-8-10-16(13-17)9-6-5-7-12-18(3,4)14-19;1-4(2)3/h6,8-11,13,15,19H,5,7,12,14H2,1-4H3;4H,1-3H3/b9-6+;. The molecule has 1 nitrogen and oxygen atoms in total. The number of benzene rings is 1. The highest BCUT2D eigenvalue weighted by atomic mass is 16.3. The van der Waals surface area contributed by atoms with Crippen molar-refractivity contribution in [2.45, 2.75) is 73.6 Å². The Morgan fingerprint density at radius 3 is 2.22 bits per heavy atom. The van der Waals surface area contributed by atoms with Crippen LogP contribution in [0.5, 0.6) is 0 Å². The number of aliphatic hydroxyl groups is 1. The van der Waals surface area contributed by atoms with E-state index in [9.17, 15) is 5.11 Å². The molecule has 0 spiro atoms. The second-order valence-corrected chi connectivity index (χ2v) is 8.17. The summed E-state index contributed by atoms with van der Waals surface area (Å²) in [5.74, 6) is 1.42. The Kier molecular flexibility index (Phi) is 10.9. The molecule has 0 radical (unpaired) electrons. The predicted molar refractivity (Wildman–Crippen MR) is 105 cm³/mol. The Morgan fingerprint density at radius 2 is 1.70 bits per heavy atom. The molecular weight excluding hydrogens is 280 g/mol. The van der Waals surface area contributed by atoms with Crippen LogP contribution in [0.15, 0.2) is 30.3 Å². The highest BCUT2D eigenvalue weighted by Gasteiger charge is 2.14. The molecule has 0 aliphatic carbocycles. The van der Waals surface area contributed by atoms with Crippen molar-refractivity contribution in [1.29, 1.82) is 0 Å². The van der Waals surface area contributed by atoms with Gasteiger partial charge in [0.05, 0.1) is 0 Å². The molecule has 0 bridgehead atoms. The molecule has 0 aliphatic heterocycles. The van der Waals surface area contributed by atoms with Gasteiger partial charge in [0.1, 0.15) is 0 Å². The Balaban J connectivity index is 0.00000108. The van der Waals surface area contributed by atoms with Crippen molar-refractivity contribution in [3.05, 3.63) is 41.5 Å². The van der Waals surface area contributed by atoms with Crippen molar-refractivity contribution in [1.82, 2.24) is 0 Å². The minimum absolute atomic E-state index is 0.0609. The van der Waals surface area contributed by atoms with E-state index in [-0.39, 0.29) is 12.0 Å². The highest BCUT2D eigenvalue weighted by molar-refractivity contribution is 5.50. The van der Waals surface area contributed by atoms with E-state index < -0.39 is 0 Å². The van der Waals surface area contributed by atoms with Gasteiger partial charge in [-0.05, 0) is 47.6 Å². The molecular formula is C22H38O. The summed E-state index contributed by atoms with van der Waals surface area (Å²) in [4.78, 5) is 0. The molecule has 1 heteroatoms. The number of hydrogen-bond donors (Lipinski definition) is 1. The number of aliphatic hydroxyl groups excluding tert-OH is 1. The van der Waals surface area contributed by atoms with Crippen molar-refractivity contribution in [2.24, 2.45) is 11.3 Å². The Labute approximate surface area is 144 Å². The van der Waals surface area contributed by atoms with Crippen LogP contribution < -0.4 is 0 Å². The molecule has 0 aliphatic rings. The van der Waals surface area contributed by atoms with E-state index in [1.165, 1.54) is 11.1 Å². The molecule has 1 aromatic carbocycles. The molecule has 0 atom stereocenters. The maximum atomic E-state index is 9.19. The van der Waals surface area contributed by atoms with Gasteiger partial charge in [-0.2, -0.15) is 0 Å². The fourth-order valence-electron chi connectivity index (χ4n) is 2.02. The first kappa shape index (κ1) is 21.9. The SMILES string of the molecule is CC(C)C.CC(C)c1cccc(/C=C/CCCC(C)(C)CO)c1. The number of unbranched alkanes of at least 4 members (excludes halogenated alkanes) is 1. The number of rotatable bonds is 7. The fourth-order valence-corrected chi connectivity index (χ4v) is 2.02. The Morgan fingerprint density at radius 1 is 1.09 bits per heavy atom. The summed E-state index contributed by atoms with van der Waals surface area (Å²) in [5.41, 5.74) is 2.74. The first-order chi connectivity index (χ1) is 10.7. The van der Waals surface area contributed by atoms with Crippen LogP contribution in [0.25, 0.3) is 6.08 Å². The smallest absolute Gasteiger partial charge is 0.0482 e. The van der Waals surface area contributed by atoms with Crippen LogP contribution in [0.3, 0.4) is 0 Å². The van der Waals surface area contributed by atoms with E-state index in [1.54, 1.807) is 0 Å². The van der Waals surface area contributed by atoms with Gasteiger partial charge in [-0.1, -0.05) is 84.9 Å². The van der Waals surface area contributed by atoms with Gasteiger partial charge in [-0.25, -0.2) is 0 Å². The van der Waals surface area contributed by atoms with Crippen LogP contribution in [-0.4, -0.2) is 11.7 Å². The molecule has 0 fully saturated rings. The zero-order chi connectivity index (χ0) is 17.9. The number of allylic oxidation sites excluding steroid dienone is 1. The average molecular weight is 319 g/mol. The summed E-state index contributed by atoms with van der Waals surface area (Å²) in [7, 11) is 0. The van der Waals surface area contributed by atoms with E-state index in [1.807, 2.05) is 0 Å². The van der Waals surface area contributed by atoms with Crippen molar-refractivity contribution in [2.75, 3.05) is 6.61 Å². The largest absolute Gasteiger partial charge is 0.396 e.